The summed E-state index contributed by atoms with van der Waals surface area (Å²) in [6.45, 7) is 5.32. The van der Waals surface area contributed by atoms with Gasteiger partial charge in [0.2, 0.25) is 0 Å². The van der Waals surface area contributed by atoms with E-state index in [0.717, 1.165) is 64.7 Å². The maximum atomic E-state index is 5.58. The minimum Gasteiger partial charge on any atom is -0.379 e. The lowest BCUT2D eigenvalue weighted by atomic mass is 10.2. The molecule has 0 radical (unpaired) electrons. The van der Waals surface area contributed by atoms with Gasteiger partial charge in [0.05, 0.1) is 12.7 Å². The Balaban J connectivity index is 1.42. The van der Waals surface area contributed by atoms with Crippen LogP contribution in [0.15, 0.2) is 4.99 Å². The highest BCUT2D eigenvalue weighted by Crippen LogP contribution is 2.11. The molecule has 2 aliphatic rings. The highest BCUT2D eigenvalue weighted by atomic mass is 16.5. The van der Waals surface area contributed by atoms with Crippen LogP contribution in [-0.2, 0) is 9.47 Å². The molecule has 1 saturated heterocycles. The molecule has 98 valence electrons. The van der Waals surface area contributed by atoms with E-state index < -0.39 is 0 Å². The van der Waals surface area contributed by atoms with Crippen molar-refractivity contribution in [3.05, 3.63) is 0 Å². The summed E-state index contributed by atoms with van der Waals surface area (Å²) in [7, 11) is 0. The highest BCUT2D eigenvalue weighted by molar-refractivity contribution is 5.80. The summed E-state index contributed by atoms with van der Waals surface area (Å²) in [4.78, 5) is 4.34. The fraction of sp³-hybridized carbons (Fsp3) is 0.917. The molecule has 0 saturated carbocycles. The molecular weight excluding hydrogens is 218 g/mol. The number of rotatable bonds is 6. The van der Waals surface area contributed by atoms with E-state index in [9.17, 15) is 0 Å². The Morgan fingerprint density at radius 3 is 3.24 bits per heavy atom. The molecular formula is C12H23N3O2. The van der Waals surface area contributed by atoms with E-state index in [2.05, 4.69) is 15.6 Å². The Labute approximate surface area is 103 Å². The molecule has 0 aromatic heterocycles. The Morgan fingerprint density at radius 1 is 1.47 bits per heavy atom. The Kier molecular flexibility index (Phi) is 5.58. The molecule has 0 unspecified atom stereocenters. The standard InChI is InChI=1S/C12H23N3O2/c1-4-11(17-9-1)10-16-8-3-7-15-12-13-5-2-6-14-12/h11H,1-10H2,(H2,13,14,15)/t11-/m1/s1. The largest absolute Gasteiger partial charge is 0.379 e. The maximum absolute atomic E-state index is 5.58. The van der Waals surface area contributed by atoms with E-state index in [0.29, 0.717) is 6.10 Å². The number of ether oxygens (including phenoxy) is 2. The first-order valence-corrected chi connectivity index (χ1v) is 6.67. The molecule has 2 heterocycles. The topological polar surface area (TPSA) is 54.9 Å². The normalized spacial score (nSPS) is 24.2. The van der Waals surface area contributed by atoms with E-state index in [1.807, 2.05) is 0 Å². The molecule has 0 bridgehead atoms. The van der Waals surface area contributed by atoms with Crippen molar-refractivity contribution in [3.63, 3.8) is 0 Å². The first-order valence-electron chi connectivity index (χ1n) is 6.67. The van der Waals surface area contributed by atoms with Gasteiger partial charge in [0.25, 0.3) is 0 Å². The van der Waals surface area contributed by atoms with E-state index in [4.69, 9.17) is 9.47 Å². The van der Waals surface area contributed by atoms with Crippen molar-refractivity contribution in [2.75, 3.05) is 39.5 Å². The zero-order valence-corrected chi connectivity index (χ0v) is 10.4. The van der Waals surface area contributed by atoms with Crippen molar-refractivity contribution in [1.82, 2.24) is 10.6 Å². The number of aliphatic imine (C=N–C) groups is 1. The van der Waals surface area contributed by atoms with Crippen LogP contribution in [0.25, 0.3) is 0 Å². The summed E-state index contributed by atoms with van der Waals surface area (Å²) in [5, 5.41) is 6.51. The smallest absolute Gasteiger partial charge is 0.191 e. The average Bonchev–Trinajstić information content (AvgIpc) is 2.88. The number of guanidine groups is 1. The predicted octanol–water partition coefficient (Wildman–Crippen LogP) is 0.511. The fourth-order valence-corrected chi connectivity index (χ4v) is 2.02. The van der Waals surface area contributed by atoms with Crippen molar-refractivity contribution >= 4 is 5.96 Å². The quantitative estimate of drug-likeness (QED) is 0.665. The van der Waals surface area contributed by atoms with Crippen LogP contribution in [0.4, 0.5) is 0 Å². The zero-order valence-electron chi connectivity index (χ0n) is 10.4. The summed E-state index contributed by atoms with van der Waals surface area (Å²) in [5.41, 5.74) is 0. The van der Waals surface area contributed by atoms with Crippen LogP contribution in [0, 0.1) is 0 Å². The lowest BCUT2D eigenvalue weighted by Crippen LogP contribution is -2.41. The SMILES string of the molecule is C1CN=C(NCCCOC[C@H]2CCCO2)NC1. The Hall–Kier alpha value is -0.810. The van der Waals surface area contributed by atoms with Crippen molar-refractivity contribution in [2.24, 2.45) is 4.99 Å². The minimum atomic E-state index is 0.340. The molecule has 5 heteroatoms. The number of hydrogen-bond donors (Lipinski definition) is 2. The van der Waals surface area contributed by atoms with E-state index in [-0.39, 0.29) is 0 Å². The molecule has 0 amide bonds. The third kappa shape index (κ3) is 4.91. The van der Waals surface area contributed by atoms with Crippen LogP contribution in [-0.4, -0.2) is 51.5 Å². The van der Waals surface area contributed by atoms with Crippen molar-refractivity contribution < 1.29 is 9.47 Å². The van der Waals surface area contributed by atoms with Crippen molar-refractivity contribution in [3.8, 4) is 0 Å². The van der Waals surface area contributed by atoms with Crippen molar-refractivity contribution in [2.45, 2.75) is 31.8 Å². The van der Waals surface area contributed by atoms with Crippen molar-refractivity contribution in [1.29, 1.82) is 0 Å². The van der Waals surface area contributed by atoms with E-state index in [1.165, 1.54) is 6.42 Å². The first-order chi connectivity index (χ1) is 8.45. The summed E-state index contributed by atoms with van der Waals surface area (Å²) in [6.07, 6.45) is 4.82. The molecule has 0 aromatic carbocycles. The third-order valence-electron chi connectivity index (χ3n) is 2.98. The molecule has 1 fully saturated rings. The van der Waals surface area contributed by atoms with E-state index >= 15 is 0 Å². The summed E-state index contributed by atoms with van der Waals surface area (Å²) in [5.74, 6) is 0.940. The minimum absolute atomic E-state index is 0.340. The van der Waals surface area contributed by atoms with Crippen LogP contribution >= 0.6 is 0 Å². The second-order valence-electron chi connectivity index (χ2n) is 4.50. The third-order valence-corrected chi connectivity index (χ3v) is 2.98. The van der Waals surface area contributed by atoms with Crippen LogP contribution in [0.2, 0.25) is 0 Å². The lowest BCUT2D eigenvalue weighted by molar-refractivity contribution is 0.0168. The molecule has 2 aliphatic heterocycles. The molecule has 2 N–H and O–H groups in total. The second-order valence-corrected chi connectivity index (χ2v) is 4.50. The van der Waals surface area contributed by atoms with Gasteiger partial charge in [0, 0.05) is 32.8 Å². The monoisotopic (exact) mass is 241 g/mol. The van der Waals surface area contributed by atoms with Gasteiger partial charge in [-0.2, -0.15) is 0 Å². The molecule has 17 heavy (non-hydrogen) atoms. The van der Waals surface area contributed by atoms with Crippen LogP contribution < -0.4 is 10.6 Å². The van der Waals surface area contributed by atoms with Crippen LogP contribution in [0.1, 0.15) is 25.7 Å². The Morgan fingerprint density at radius 2 is 2.47 bits per heavy atom. The number of hydrogen-bond acceptors (Lipinski definition) is 5. The molecule has 0 aliphatic carbocycles. The van der Waals surface area contributed by atoms with Crippen LogP contribution in [0.3, 0.4) is 0 Å². The van der Waals surface area contributed by atoms with Gasteiger partial charge in [-0.3, -0.25) is 4.99 Å². The Bertz CT molecular complexity index is 240. The molecule has 2 rings (SSSR count). The maximum Gasteiger partial charge on any atom is 0.191 e. The lowest BCUT2D eigenvalue weighted by Gasteiger charge is -2.16. The zero-order chi connectivity index (χ0) is 11.8. The van der Waals surface area contributed by atoms with Gasteiger partial charge < -0.3 is 20.1 Å². The molecule has 0 aromatic rings. The van der Waals surface area contributed by atoms with Gasteiger partial charge in [-0.1, -0.05) is 0 Å². The highest BCUT2D eigenvalue weighted by Gasteiger charge is 2.14. The van der Waals surface area contributed by atoms with Crippen LogP contribution in [0.5, 0.6) is 0 Å². The van der Waals surface area contributed by atoms with E-state index in [1.54, 1.807) is 0 Å². The average molecular weight is 241 g/mol. The summed E-state index contributed by atoms with van der Waals surface area (Å²) in [6, 6.07) is 0. The van der Waals surface area contributed by atoms with Gasteiger partial charge in [-0.15, -0.1) is 0 Å². The first kappa shape index (κ1) is 12.6. The fourth-order valence-electron chi connectivity index (χ4n) is 2.02. The molecule has 0 spiro atoms. The van der Waals surface area contributed by atoms with Gasteiger partial charge in [0.15, 0.2) is 5.96 Å². The van der Waals surface area contributed by atoms with Gasteiger partial charge in [0.1, 0.15) is 0 Å². The number of nitrogens with zero attached hydrogens (tertiary/aromatic N) is 1. The molecule has 1 atom stereocenters. The number of nitrogens with one attached hydrogen (secondary N) is 2. The summed E-state index contributed by atoms with van der Waals surface area (Å²) >= 11 is 0. The van der Waals surface area contributed by atoms with Gasteiger partial charge in [-0.25, -0.2) is 0 Å². The second kappa shape index (κ2) is 7.50. The summed E-state index contributed by atoms with van der Waals surface area (Å²) < 4.78 is 11.1. The van der Waals surface area contributed by atoms with Gasteiger partial charge >= 0.3 is 0 Å². The van der Waals surface area contributed by atoms with Gasteiger partial charge in [-0.05, 0) is 25.7 Å². The predicted molar refractivity (Wildman–Crippen MR) is 67.3 cm³/mol. The molecule has 5 nitrogen and oxygen atoms in total.